The van der Waals surface area contributed by atoms with Crippen molar-refractivity contribution in [3.05, 3.63) is 425 Å². The van der Waals surface area contributed by atoms with Crippen molar-refractivity contribution in [2.75, 3.05) is 0 Å². The number of hydrogen-bond donors (Lipinski definition) is 0. The molecule has 0 saturated heterocycles. The van der Waals surface area contributed by atoms with Gasteiger partial charge >= 0.3 is 0 Å². The summed E-state index contributed by atoms with van der Waals surface area (Å²) in [6.07, 6.45) is 0. The van der Waals surface area contributed by atoms with Crippen LogP contribution in [-0.2, 0) is 0 Å². The first kappa shape index (κ1) is 71.8. The number of aromatic nitrogens is 8. The number of para-hydroxylation sites is 6. The topological polar surface area (TPSA) is 97.6 Å². The quantitative estimate of drug-likeness (QED) is 0.141. The summed E-state index contributed by atoms with van der Waals surface area (Å²) in [6, 6.07) is 152. The number of hydrogen-bond acceptors (Lipinski definition) is 6. The van der Waals surface area contributed by atoms with Gasteiger partial charge in [-0.15, -0.1) is 0 Å². The van der Waals surface area contributed by atoms with E-state index in [1.165, 1.54) is 54.4 Å². The molecule has 8 aromatic heterocycles. The van der Waals surface area contributed by atoms with Crippen LogP contribution in [-0.4, -0.2) is 38.2 Å². The molecule has 0 aliphatic rings. The molecule has 0 spiro atoms. The fourth-order valence-electron chi connectivity index (χ4n) is 21.6. The number of fused-ring (bicyclic) bond motifs is 34. The number of rotatable bonds is 8. The molecule has 602 valence electrons. The van der Waals surface area contributed by atoms with Gasteiger partial charge in [0.15, 0.2) is 11.2 Å². The molecule has 0 N–H and O–H groups in total. The largest absolute Gasteiger partial charge is 0.454 e. The van der Waals surface area contributed by atoms with Gasteiger partial charge in [-0.05, 0) is 179 Å². The molecule has 29 rings (SSSR count). The fraction of sp³-hybridized carbons (Fsp3) is 0. The Morgan fingerprint density at radius 3 is 1.08 bits per heavy atom. The van der Waals surface area contributed by atoms with Crippen LogP contribution in [0.5, 0.6) is 0 Å². The van der Waals surface area contributed by atoms with Crippen LogP contribution >= 0.6 is 0 Å². The van der Waals surface area contributed by atoms with Gasteiger partial charge < -0.3 is 18.0 Å². The second-order valence-corrected chi connectivity index (χ2v) is 34.1. The van der Waals surface area contributed by atoms with Gasteiger partial charge in [-0.2, -0.15) is 0 Å². The Kier molecular flexibility index (Phi) is 15.4. The van der Waals surface area contributed by atoms with Crippen LogP contribution in [0.25, 0.3) is 275 Å². The van der Waals surface area contributed by atoms with Crippen LogP contribution < -0.4 is 0 Å². The zero-order valence-corrected chi connectivity index (χ0v) is 69.8. The third kappa shape index (κ3) is 10.6. The van der Waals surface area contributed by atoms with Gasteiger partial charge in [-0.1, -0.05) is 322 Å². The van der Waals surface area contributed by atoms with Crippen molar-refractivity contribution in [3.8, 4) is 68.0 Å². The van der Waals surface area contributed by atoms with Gasteiger partial charge in [-0.25, -0.2) is 19.9 Å². The molecule has 0 radical (unpaired) electrons. The van der Waals surface area contributed by atoms with Crippen LogP contribution in [0.2, 0.25) is 0 Å². The van der Waals surface area contributed by atoms with Gasteiger partial charge in [0, 0.05) is 97.9 Å². The minimum Gasteiger partial charge on any atom is -0.454 e. The highest BCUT2D eigenvalue weighted by Gasteiger charge is 2.30. The molecule has 29 aromatic rings. The Bertz CT molecular complexity index is 9890. The molecule has 0 fully saturated rings. The van der Waals surface area contributed by atoms with Crippen LogP contribution in [0.1, 0.15) is 0 Å². The molecular weight excluding hydrogens is 1590 g/mol. The molecule has 0 aliphatic carbocycles. The Balaban J connectivity index is 0.000000131. The molecule has 0 amide bonds. The minimum atomic E-state index is 0.598. The average Bonchev–Trinajstić information content (AvgIpc) is 1.53. The summed E-state index contributed by atoms with van der Waals surface area (Å²) >= 11 is 0. The Hall–Kier alpha value is -17.6. The van der Waals surface area contributed by atoms with Crippen LogP contribution in [0, 0.1) is 0 Å². The van der Waals surface area contributed by atoms with Crippen LogP contribution in [0.15, 0.2) is 433 Å². The van der Waals surface area contributed by atoms with E-state index in [1.807, 2.05) is 0 Å². The predicted molar refractivity (Wildman–Crippen MR) is 540 cm³/mol. The third-order valence-electron chi connectivity index (χ3n) is 27.2. The molecule has 21 aromatic carbocycles. The van der Waals surface area contributed by atoms with E-state index in [2.05, 4.69) is 443 Å². The molecule has 0 saturated carbocycles. The van der Waals surface area contributed by atoms with Crippen molar-refractivity contribution in [1.82, 2.24) is 38.2 Å². The standard InChI is InChI=1S/C62H36N4O.C58H34N4O/c1-3-17-39(18-4-1)59-58-44-22-10-8-15-37(44)28-32-50(58)63-62(64-59)66-51-26-14-13-25-47(51)56-45-23-11-12-24-46(45)57-49-35-40(30-34-54(49)67-61(57)60(56)66)41-27-31-48-53(36-41)65(42-19-5-2-6-20-42)52-33-29-38-16-7-9-21-43(38)55(48)52;1-3-16-36(17-4-1)55-54-40-20-8-7-15-35(40)28-31-47(54)59-58(60-55)62-49-25-13-10-22-43(49)52-42-30-27-37(34-46(42)53-44-23-11-14-26-51(44)63-57(53)56(52)62)38-29-32-50-45(33-38)41-21-9-12-24-48(41)61(50)39-18-5-2-6-19-39/h1-36H;1-34H. The van der Waals surface area contributed by atoms with Crippen molar-refractivity contribution in [2.24, 2.45) is 0 Å². The summed E-state index contributed by atoms with van der Waals surface area (Å²) in [5.74, 6) is 1.20. The smallest absolute Gasteiger partial charge is 0.235 e. The van der Waals surface area contributed by atoms with E-state index in [-0.39, 0.29) is 0 Å². The predicted octanol–water partition coefficient (Wildman–Crippen LogP) is 31.9. The van der Waals surface area contributed by atoms with Crippen LogP contribution in [0.4, 0.5) is 0 Å². The Labute approximate surface area is 741 Å². The lowest BCUT2D eigenvalue weighted by atomic mass is 9.94. The van der Waals surface area contributed by atoms with E-state index in [0.29, 0.717) is 11.9 Å². The van der Waals surface area contributed by atoms with Crippen molar-refractivity contribution < 1.29 is 8.83 Å². The first-order chi connectivity index (χ1) is 64.5. The monoisotopic (exact) mass is 1650 g/mol. The first-order valence-electron chi connectivity index (χ1n) is 44.2. The molecule has 0 atom stereocenters. The van der Waals surface area contributed by atoms with Crippen molar-refractivity contribution in [3.63, 3.8) is 0 Å². The molecule has 0 unspecified atom stereocenters. The SMILES string of the molecule is c1ccc(-c2nc(-n3c4ccccc4c4c5ccc(-c6ccc7c(c6)c6ccccc6n7-c6ccccc6)cc5c5c6ccccc6oc5c43)nc3ccc4ccccc4c23)cc1.c1ccc(-c2nc(-n3c4ccccc4c4c5ccccc5c5c6cc(-c7ccc8c9c%10ccccc%10ccc9n(-c9ccccc9)c8c7)ccc6oc5c43)nc3ccc4ccccc4c23)cc1. The second-order valence-electron chi connectivity index (χ2n) is 34.1. The first-order valence-corrected chi connectivity index (χ1v) is 44.2. The van der Waals surface area contributed by atoms with Crippen LogP contribution in [0.3, 0.4) is 0 Å². The Morgan fingerprint density at radius 1 is 0.177 bits per heavy atom. The summed E-state index contributed by atoms with van der Waals surface area (Å²) in [5.41, 5.74) is 24.5. The fourth-order valence-corrected chi connectivity index (χ4v) is 21.6. The molecule has 0 bridgehead atoms. The van der Waals surface area contributed by atoms with E-state index in [9.17, 15) is 0 Å². The summed E-state index contributed by atoms with van der Waals surface area (Å²) in [6.45, 7) is 0. The van der Waals surface area contributed by atoms with Crippen molar-refractivity contribution in [1.29, 1.82) is 0 Å². The lowest BCUT2D eigenvalue weighted by Gasteiger charge is -2.14. The molecule has 10 nitrogen and oxygen atoms in total. The average molecular weight is 1660 g/mol. The highest BCUT2D eigenvalue weighted by molar-refractivity contribution is 6.37. The van der Waals surface area contributed by atoms with E-state index in [4.69, 9.17) is 28.8 Å². The normalized spacial score (nSPS) is 12.2. The molecule has 0 aliphatic heterocycles. The number of furan rings is 2. The molecule has 10 heteroatoms. The maximum Gasteiger partial charge on any atom is 0.235 e. The van der Waals surface area contributed by atoms with Gasteiger partial charge in [0.2, 0.25) is 11.9 Å². The molecule has 130 heavy (non-hydrogen) atoms. The summed E-state index contributed by atoms with van der Waals surface area (Å²) in [4.78, 5) is 22.0. The van der Waals surface area contributed by atoms with E-state index in [0.717, 1.165) is 209 Å². The summed E-state index contributed by atoms with van der Waals surface area (Å²) in [5, 5.41) is 27.5. The Morgan fingerprint density at radius 2 is 0.531 bits per heavy atom. The van der Waals surface area contributed by atoms with Crippen molar-refractivity contribution >= 4 is 207 Å². The maximum absolute atomic E-state index is 7.16. The zero-order valence-electron chi connectivity index (χ0n) is 69.8. The van der Waals surface area contributed by atoms with E-state index >= 15 is 0 Å². The summed E-state index contributed by atoms with van der Waals surface area (Å²) < 4.78 is 23.5. The third-order valence-corrected chi connectivity index (χ3v) is 27.2. The van der Waals surface area contributed by atoms with Gasteiger partial charge in [0.1, 0.15) is 22.2 Å². The second kappa shape index (κ2) is 28.0. The van der Waals surface area contributed by atoms with E-state index in [1.54, 1.807) is 0 Å². The summed E-state index contributed by atoms with van der Waals surface area (Å²) in [7, 11) is 0. The molecular formula is C120H70N8O2. The minimum absolute atomic E-state index is 0.598. The highest BCUT2D eigenvalue weighted by Crippen LogP contribution is 2.51. The van der Waals surface area contributed by atoms with E-state index < -0.39 is 0 Å². The molecule has 8 heterocycles. The lowest BCUT2D eigenvalue weighted by molar-refractivity contribution is 0.670. The lowest BCUT2D eigenvalue weighted by Crippen LogP contribution is -2.04. The van der Waals surface area contributed by atoms with Gasteiger partial charge in [0.05, 0.1) is 55.5 Å². The van der Waals surface area contributed by atoms with Gasteiger partial charge in [0.25, 0.3) is 0 Å². The maximum atomic E-state index is 7.16. The zero-order chi connectivity index (χ0) is 84.9. The highest BCUT2D eigenvalue weighted by atomic mass is 16.3. The van der Waals surface area contributed by atoms with Gasteiger partial charge in [-0.3, -0.25) is 9.13 Å². The number of nitrogens with zero attached hydrogens (tertiary/aromatic N) is 8. The number of benzene rings is 21. The van der Waals surface area contributed by atoms with Crippen molar-refractivity contribution in [2.45, 2.75) is 0 Å².